The molecule has 22 heterocycles. The van der Waals surface area contributed by atoms with E-state index in [0.717, 1.165) is 0 Å². The minimum Gasteiger partial charge on any atom is -0.394 e. The fraction of sp³-hybridized carbons (Fsp3) is 1.00. The summed E-state index contributed by atoms with van der Waals surface area (Å²) in [4.78, 5) is 0. The molecular weight excluding hydrogens is 956 g/mol. The van der Waals surface area contributed by atoms with Crippen molar-refractivity contribution in [3.63, 3.8) is 0 Å². The fourth-order valence-corrected chi connectivity index (χ4v) is 8.93. The maximum atomic E-state index is 11.2. The highest BCUT2D eigenvalue weighted by Gasteiger charge is 2.58. The molecule has 22 aliphatic rings. The van der Waals surface area contributed by atoms with Gasteiger partial charge in [0.15, 0.2) is 37.7 Å². The Morgan fingerprint density at radius 1 is 0.221 bits per heavy atom. The van der Waals surface area contributed by atoms with Crippen LogP contribution in [0.25, 0.3) is 0 Å². The van der Waals surface area contributed by atoms with E-state index in [0.29, 0.717) is 0 Å². The molecule has 22 rings (SSSR count). The van der Waals surface area contributed by atoms with E-state index in [4.69, 9.17) is 56.8 Å². The molecule has 0 radical (unpaired) electrons. The quantitative estimate of drug-likeness (QED) is 0.110. The molecule has 0 unspecified atom stereocenters. The fourth-order valence-electron chi connectivity index (χ4n) is 8.93. The number of thiol groups is 1. The molecule has 12 bridgehead atoms. The van der Waals surface area contributed by atoms with E-state index in [2.05, 4.69) is 12.6 Å². The minimum atomic E-state index is -2.15. The Labute approximate surface area is 391 Å². The molecule has 0 aromatic carbocycles. The van der Waals surface area contributed by atoms with Crippen molar-refractivity contribution in [3.8, 4) is 0 Å². The average Bonchev–Trinajstić information content (AvgIpc) is 3.34. The first kappa shape index (κ1) is 56.4. The van der Waals surface area contributed by atoms with Crippen LogP contribution in [-0.2, 0) is 56.8 Å². The molecule has 398 valence electrons. The molecule has 0 aromatic rings. The van der Waals surface area contributed by atoms with E-state index in [1.807, 2.05) is 0 Å². The van der Waals surface area contributed by atoms with Gasteiger partial charge in [-0.15, -0.1) is 0 Å². The molecular formula is C37H64O30S. The number of hydrogen-bond acceptors (Lipinski definition) is 31. The highest BCUT2D eigenvalue weighted by Crippen LogP contribution is 2.38. The second-order valence-corrected chi connectivity index (χ2v) is 16.8. The topological polar surface area (TPSA) is 475 Å². The van der Waals surface area contributed by atoms with E-state index >= 15 is 0 Å². The summed E-state index contributed by atoms with van der Waals surface area (Å²) in [5.74, 6) is 0. The van der Waals surface area contributed by atoms with E-state index in [-0.39, 0.29) is 0 Å². The normalized spacial score (nSPS) is 53.8. The van der Waals surface area contributed by atoms with Crippen molar-refractivity contribution in [2.75, 3.05) is 45.9 Å². The van der Waals surface area contributed by atoms with Gasteiger partial charge >= 0.3 is 0 Å². The molecule has 30 nitrogen and oxygen atoms in total. The Morgan fingerprint density at radius 3 is 0.441 bits per heavy atom. The van der Waals surface area contributed by atoms with Gasteiger partial charge in [-0.1, -0.05) is 0 Å². The number of aliphatic hydroxyl groups is 18. The van der Waals surface area contributed by atoms with Crippen LogP contribution in [-0.4, -0.2) is 322 Å². The molecule has 30 atom stereocenters. The number of aliphatic hydroxyl groups excluding tert-OH is 18. The summed E-state index contributed by atoms with van der Waals surface area (Å²) in [6.45, 7) is -5.99. The third-order valence-electron chi connectivity index (χ3n) is 12.7. The average molecular weight is 1020 g/mol. The largest absolute Gasteiger partial charge is 0.394 e. The van der Waals surface area contributed by atoms with Crippen LogP contribution in [0.3, 0.4) is 0 Å². The van der Waals surface area contributed by atoms with Gasteiger partial charge in [-0.05, 0) is 6.26 Å². The lowest BCUT2D eigenvalue weighted by Gasteiger charge is -2.50. The van der Waals surface area contributed by atoms with Crippen LogP contribution in [0.5, 0.6) is 0 Å². The van der Waals surface area contributed by atoms with Gasteiger partial charge in [0.25, 0.3) is 0 Å². The summed E-state index contributed by atoms with van der Waals surface area (Å²) < 4.78 is 67.9. The molecule has 0 amide bonds. The van der Waals surface area contributed by atoms with Crippen LogP contribution in [0.1, 0.15) is 0 Å². The third kappa shape index (κ3) is 11.1. The van der Waals surface area contributed by atoms with Crippen LogP contribution < -0.4 is 0 Å². The summed E-state index contributed by atoms with van der Waals surface area (Å²) in [7, 11) is 0. The summed E-state index contributed by atoms with van der Waals surface area (Å²) in [5, 5.41) is 196. The van der Waals surface area contributed by atoms with Gasteiger partial charge in [-0.3, -0.25) is 0 Å². The second kappa shape index (κ2) is 24.5. The van der Waals surface area contributed by atoms with Gasteiger partial charge in [0.2, 0.25) is 0 Å². The monoisotopic (exact) mass is 1020 g/mol. The van der Waals surface area contributed by atoms with E-state index in [1.54, 1.807) is 6.26 Å². The SMILES string of the molecule is CS.OC[C@H]1O[C@@H]2O[C@H]3[C@H](O)[C@@H](O)[C@@H](O[C@H]4[C@H](O)[C@@H](O)[C@@H](O[C@H]5[C@H](O)[C@@H](O)[C@@H](O[C@H]6[C@H](O)[C@@H](O)[C@@H](O[C@H]7[C@H](O)[C@@H](O)[C@@H](O[C@H]1[C@H](O)[C@H]2O)O[C@@H]7CO)O[C@@H]6CO)O[C@@H]5CO)O[C@@H]4CO)O[C@@H]3CO. The van der Waals surface area contributed by atoms with Gasteiger partial charge in [-0.2, -0.15) is 12.6 Å². The number of rotatable bonds is 6. The number of ether oxygens (including phenoxy) is 12. The smallest absolute Gasteiger partial charge is 0.187 e. The van der Waals surface area contributed by atoms with Crippen LogP contribution >= 0.6 is 12.6 Å². The lowest BCUT2D eigenvalue weighted by molar-refractivity contribution is -0.404. The Bertz CT molecular complexity index is 1240. The van der Waals surface area contributed by atoms with E-state index in [1.165, 1.54) is 0 Å². The molecule has 68 heavy (non-hydrogen) atoms. The lowest BCUT2D eigenvalue weighted by Crippen LogP contribution is -2.69. The summed E-state index contributed by atoms with van der Waals surface area (Å²) >= 11 is 3.53. The van der Waals surface area contributed by atoms with Crippen molar-refractivity contribution >= 4 is 12.6 Å². The molecule has 18 N–H and O–H groups in total. The second-order valence-electron chi connectivity index (χ2n) is 16.8. The molecule has 22 saturated heterocycles. The van der Waals surface area contributed by atoms with E-state index < -0.39 is 224 Å². The Balaban J connectivity index is 0.00000376. The molecule has 0 saturated carbocycles. The van der Waals surface area contributed by atoms with Crippen molar-refractivity contribution in [1.29, 1.82) is 0 Å². The summed E-state index contributed by atoms with van der Waals surface area (Å²) in [5.41, 5.74) is 0. The summed E-state index contributed by atoms with van der Waals surface area (Å²) in [6.07, 6.45) is -56.8. The number of hydrogen-bond donors (Lipinski definition) is 19. The molecule has 31 heteroatoms. The molecule has 0 spiro atoms. The Kier molecular flexibility index (Phi) is 20.3. The molecule has 0 aliphatic carbocycles. The highest BCUT2D eigenvalue weighted by molar-refractivity contribution is 7.79. The van der Waals surface area contributed by atoms with Crippen molar-refractivity contribution in [2.24, 2.45) is 0 Å². The Morgan fingerprint density at radius 2 is 0.338 bits per heavy atom. The predicted molar refractivity (Wildman–Crippen MR) is 211 cm³/mol. The van der Waals surface area contributed by atoms with Gasteiger partial charge in [-0.25, -0.2) is 0 Å². The third-order valence-corrected chi connectivity index (χ3v) is 12.7. The zero-order valence-corrected chi connectivity index (χ0v) is 36.9. The maximum absolute atomic E-state index is 11.2. The molecule has 0 aromatic heterocycles. The maximum Gasteiger partial charge on any atom is 0.187 e. The zero-order valence-electron chi connectivity index (χ0n) is 36.0. The first-order valence-corrected chi connectivity index (χ1v) is 22.4. The summed E-state index contributed by atoms with van der Waals surface area (Å²) in [6, 6.07) is 0. The zero-order chi connectivity index (χ0) is 50.0. The van der Waals surface area contributed by atoms with E-state index in [9.17, 15) is 91.9 Å². The van der Waals surface area contributed by atoms with Gasteiger partial charge < -0.3 is 149 Å². The van der Waals surface area contributed by atoms with Crippen molar-refractivity contribution < 1.29 is 149 Å². The van der Waals surface area contributed by atoms with Crippen molar-refractivity contribution in [3.05, 3.63) is 0 Å². The van der Waals surface area contributed by atoms with Gasteiger partial charge in [0.05, 0.1) is 39.6 Å². The molecule has 22 aliphatic heterocycles. The highest BCUT2D eigenvalue weighted by atomic mass is 32.1. The van der Waals surface area contributed by atoms with Crippen LogP contribution in [0.2, 0.25) is 0 Å². The predicted octanol–water partition coefficient (Wildman–Crippen LogP) is -12.5. The first-order chi connectivity index (χ1) is 32.4. The van der Waals surface area contributed by atoms with Crippen molar-refractivity contribution in [1.82, 2.24) is 0 Å². The van der Waals surface area contributed by atoms with Crippen LogP contribution in [0.4, 0.5) is 0 Å². The minimum absolute atomic E-state index is 0.999. The first-order valence-electron chi connectivity index (χ1n) is 21.5. The van der Waals surface area contributed by atoms with Gasteiger partial charge in [0.1, 0.15) is 146 Å². The van der Waals surface area contributed by atoms with Crippen LogP contribution in [0, 0.1) is 0 Å². The Hall–Kier alpha value is -0.850. The van der Waals surface area contributed by atoms with Crippen molar-refractivity contribution in [2.45, 2.75) is 184 Å². The lowest BCUT2D eigenvalue weighted by atomic mass is 9.94. The van der Waals surface area contributed by atoms with Crippen LogP contribution in [0.15, 0.2) is 0 Å². The van der Waals surface area contributed by atoms with Gasteiger partial charge in [0, 0.05) is 0 Å². The standard InChI is InChI=1S/C36H60O30.CH4S/c37-1-7-25-13(43)19(49)31(55-7)62-26-8(2-38)57-33(21(51)15(26)45)64-28-10(4-40)59-35(23(53)17(28)47)66-30-12(6-42)60-36(24(54)18(30)48)65-29-11(5-41)58-34(22(52)16(29)46)63-27-9(3-39)56-32(61-25)20(50)14(27)44;1-2/h7-54H,1-6H2;2H,1H3/t7-,8-,9-,10-,11-,12-,13-,14-,15-,16-,17-,18-,19-,20-,21-,22-,23-,24-,25-,26-,27-,28-,29-,30-,31-,32-,33-,34-,35-,36-;/m1./s1. The molecule has 22 fully saturated rings.